The molecule has 0 aliphatic heterocycles. The molecule has 2 rings (SSSR count). The molecule has 1 heterocycles. The van der Waals surface area contributed by atoms with Crippen molar-refractivity contribution in [3.05, 3.63) is 46.7 Å². The van der Waals surface area contributed by atoms with Gasteiger partial charge in [0.1, 0.15) is 11.5 Å². The Balaban J connectivity index is 2.04. The third kappa shape index (κ3) is 3.15. The maximum atomic E-state index is 9.87. The monoisotopic (exact) mass is 260 g/mol. The number of oxazole rings is 1. The lowest BCUT2D eigenvalue weighted by atomic mass is 10.0. The smallest absolute Gasteiger partial charge is 0.208 e. The van der Waals surface area contributed by atoms with Crippen molar-refractivity contribution in [2.45, 2.75) is 40.3 Å². The molecule has 0 amide bonds. The average molecular weight is 260 g/mol. The Morgan fingerprint density at radius 2 is 2.05 bits per heavy atom. The van der Waals surface area contributed by atoms with Crippen LogP contribution in [0.15, 0.2) is 22.6 Å². The minimum atomic E-state index is 0.0346. The van der Waals surface area contributed by atoms with E-state index in [-0.39, 0.29) is 6.04 Å². The second kappa shape index (κ2) is 5.45. The number of aromatic hydroxyl groups is 1. The van der Waals surface area contributed by atoms with E-state index in [9.17, 15) is 5.11 Å². The average Bonchev–Trinajstić information content (AvgIpc) is 2.69. The van der Waals surface area contributed by atoms with Crippen LogP contribution in [0.25, 0.3) is 0 Å². The Bertz CT molecular complexity index is 556. The number of aryl methyl sites for hydroxylation is 3. The standard InChI is InChI=1S/C15H20N2O2/c1-9-5-6-14(18)13(7-9)11(3)16-8-15-17-10(2)12(4)19-15/h5-7,11,16,18H,8H2,1-4H3. The summed E-state index contributed by atoms with van der Waals surface area (Å²) in [4.78, 5) is 4.32. The molecule has 1 aromatic heterocycles. The third-order valence-electron chi connectivity index (χ3n) is 3.28. The number of phenols is 1. The lowest BCUT2D eigenvalue weighted by Crippen LogP contribution is -2.18. The first-order valence-corrected chi connectivity index (χ1v) is 6.43. The van der Waals surface area contributed by atoms with Crippen LogP contribution in [0.1, 0.15) is 41.4 Å². The number of rotatable bonds is 4. The summed E-state index contributed by atoms with van der Waals surface area (Å²) < 4.78 is 5.52. The van der Waals surface area contributed by atoms with Gasteiger partial charge in [0.25, 0.3) is 0 Å². The van der Waals surface area contributed by atoms with Gasteiger partial charge in [-0.1, -0.05) is 17.7 Å². The fourth-order valence-electron chi connectivity index (χ4n) is 1.99. The van der Waals surface area contributed by atoms with Crippen molar-refractivity contribution in [3.8, 4) is 5.75 Å². The fraction of sp³-hybridized carbons (Fsp3) is 0.400. The molecule has 1 aromatic carbocycles. The summed E-state index contributed by atoms with van der Waals surface area (Å²) in [6, 6.07) is 5.64. The number of nitrogens with one attached hydrogen (secondary N) is 1. The van der Waals surface area contributed by atoms with Gasteiger partial charge in [0.2, 0.25) is 5.89 Å². The van der Waals surface area contributed by atoms with Gasteiger partial charge in [0.15, 0.2) is 0 Å². The van der Waals surface area contributed by atoms with E-state index in [0.717, 1.165) is 22.6 Å². The fourth-order valence-corrected chi connectivity index (χ4v) is 1.99. The molecule has 0 fully saturated rings. The maximum Gasteiger partial charge on any atom is 0.208 e. The number of aromatic nitrogens is 1. The summed E-state index contributed by atoms with van der Waals surface area (Å²) in [5.74, 6) is 1.84. The largest absolute Gasteiger partial charge is 0.508 e. The van der Waals surface area contributed by atoms with Gasteiger partial charge in [-0.25, -0.2) is 4.98 Å². The normalized spacial score (nSPS) is 12.6. The highest BCUT2D eigenvalue weighted by Gasteiger charge is 2.12. The predicted octanol–water partition coefficient (Wildman–Crippen LogP) is 3.16. The molecule has 0 bridgehead atoms. The van der Waals surface area contributed by atoms with Crippen LogP contribution in [0.5, 0.6) is 5.75 Å². The summed E-state index contributed by atoms with van der Waals surface area (Å²) in [6.45, 7) is 8.40. The Hall–Kier alpha value is -1.81. The molecule has 19 heavy (non-hydrogen) atoms. The third-order valence-corrected chi connectivity index (χ3v) is 3.28. The molecule has 0 radical (unpaired) electrons. The Kier molecular flexibility index (Phi) is 3.90. The summed E-state index contributed by atoms with van der Waals surface area (Å²) in [5, 5.41) is 13.2. The lowest BCUT2D eigenvalue weighted by Gasteiger charge is -2.15. The molecule has 2 aromatic rings. The van der Waals surface area contributed by atoms with E-state index in [0.29, 0.717) is 18.2 Å². The van der Waals surface area contributed by atoms with Crippen molar-refractivity contribution < 1.29 is 9.52 Å². The van der Waals surface area contributed by atoms with Crippen LogP contribution in [0, 0.1) is 20.8 Å². The van der Waals surface area contributed by atoms with Crippen molar-refractivity contribution in [1.82, 2.24) is 10.3 Å². The molecule has 0 saturated heterocycles. The van der Waals surface area contributed by atoms with Crippen molar-refractivity contribution in [3.63, 3.8) is 0 Å². The Labute approximate surface area is 113 Å². The zero-order valence-corrected chi connectivity index (χ0v) is 11.8. The first kappa shape index (κ1) is 13.6. The van der Waals surface area contributed by atoms with E-state index >= 15 is 0 Å². The van der Waals surface area contributed by atoms with E-state index in [1.165, 1.54) is 0 Å². The highest BCUT2D eigenvalue weighted by Crippen LogP contribution is 2.25. The molecular weight excluding hydrogens is 240 g/mol. The topological polar surface area (TPSA) is 58.3 Å². The molecule has 4 heteroatoms. The van der Waals surface area contributed by atoms with Crippen LogP contribution < -0.4 is 5.32 Å². The molecule has 2 N–H and O–H groups in total. The molecule has 0 saturated carbocycles. The van der Waals surface area contributed by atoms with Crippen molar-refractivity contribution in [2.24, 2.45) is 0 Å². The predicted molar refractivity (Wildman–Crippen MR) is 74.1 cm³/mol. The quantitative estimate of drug-likeness (QED) is 0.886. The van der Waals surface area contributed by atoms with Gasteiger partial charge in [-0.2, -0.15) is 0 Å². The molecule has 1 unspecified atom stereocenters. The van der Waals surface area contributed by atoms with Crippen LogP contribution in [0.2, 0.25) is 0 Å². The number of hydrogen-bond donors (Lipinski definition) is 2. The van der Waals surface area contributed by atoms with Crippen LogP contribution >= 0.6 is 0 Å². The molecule has 102 valence electrons. The van der Waals surface area contributed by atoms with Gasteiger partial charge in [-0.05, 0) is 33.8 Å². The molecule has 4 nitrogen and oxygen atoms in total. The van der Waals surface area contributed by atoms with Crippen LogP contribution in [-0.2, 0) is 6.54 Å². The van der Waals surface area contributed by atoms with E-state index in [1.54, 1.807) is 6.07 Å². The molecule has 0 spiro atoms. The van der Waals surface area contributed by atoms with E-state index in [1.807, 2.05) is 39.8 Å². The van der Waals surface area contributed by atoms with Crippen molar-refractivity contribution >= 4 is 0 Å². The first-order valence-electron chi connectivity index (χ1n) is 6.43. The second-order valence-electron chi connectivity index (χ2n) is 4.91. The molecular formula is C15H20N2O2. The highest BCUT2D eigenvalue weighted by molar-refractivity contribution is 5.37. The molecule has 0 aliphatic carbocycles. The zero-order valence-electron chi connectivity index (χ0n) is 11.8. The Morgan fingerprint density at radius 1 is 1.32 bits per heavy atom. The van der Waals surface area contributed by atoms with Gasteiger partial charge < -0.3 is 14.8 Å². The molecule has 0 aliphatic rings. The summed E-state index contributed by atoms with van der Waals surface area (Å²) >= 11 is 0. The van der Waals surface area contributed by atoms with Crippen molar-refractivity contribution in [1.29, 1.82) is 0 Å². The number of nitrogens with zero attached hydrogens (tertiary/aromatic N) is 1. The number of benzene rings is 1. The minimum Gasteiger partial charge on any atom is -0.508 e. The van der Waals surface area contributed by atoms with E-state index in [4.69, 9.17) is 4.42 Å². The SMILES string of the molecule is Cc1ccc(O)c(C(C)NCc2nc(C)c(C)o2)c1. The summed E-state index contributed by atoms with van der Waals surface area (Å²) in [5.41, 5.74) is 2.94. The van der Waals surface area contributed by atoms with Crippen LogP contribution in [-0.4, -0.2) is 10.1 Å². The van der Waals surface area contributed by atoms with Gasteiger partial charge >= 0.3 is 0 Å². The Morgan fingerprint density at radius 3 is 2.68 bits per heavy atom. The lowest BCUT2D eigenvalue weighted by molar-refractivity contribution is 0.419. The van der Waals surface area contributed by atoms with E-state index < -0.39 is 0 Å². The number of phenolic OH excluding ortho intramolecular Hbond substituents is 1. The molecule has 1 atom stereocenters. The van der Waals surface area contributed by atoms with Gasteiger partial charge in [-0.15, -0.1) is 0 Å². The van der Waals surface area contributed by atoms with Crippen molar-refractivity contribution in [2.75, 3.05) is 0 Å². The van der Waals surface area contributed by atoms with Crippen LogP contribution in [0.4, 0.5) is 0 Å². The number of hydrogen-bond acceptors (Lipinski definition) is 4. The minimum absolute atomic E-state index is 0.0346. The maximum absolute atomic E-state index is 9.87. The second-order valence-corrected chi connectivity index (χ2v) is 4.91. The van der Waals surface area contributed by atoms with Gasteiger partial charge in [0, 0.05) is 11.6 Å². The van der Waals surface area contributed by atoms with Gasteiger partial charge in [0.05, 0.1) is 12.2 Å². The summed E-state index contributed by atoms with van der Waals surface area (Å²) in [6.07, 6.45) is 0. The summed E-state index contributed by atoms with van der Waals surface area (Å²) in [7, 11) is 0. The first-order chi connectivity index (χ1) is 8.97. The van der Waals surface area contributed by atoms with E-state index in [2.05, 4.69) is 10.3 Å². The highest BCUT2D eigenvalue weighted by atomic mass is 16.4. The zero-order chi connectivity index (χ0) is 14.0. The van der Waals surface area contributed by atoms with Gasteiger partial charge in [-0.3, -0.25) is 0 Å². The van der Waals surface area contributed by atoms with Crippen LogP contribution in [0.3, 0.4) is 0 Å².